The van der Waals surface area contributed by atoms with Crippen LogP contribution in [0.3, 0.4) is 0 Å². The lowest BCUT2D eigenvalue weighted by Crippen LogP contribution is -2.45. The first-order valence-corrected chi connectivity index (χ1v) is 9.42. The zero-order valence-electron chi connectivity index (χ0n) is 17.2. The van der Waals surface area contributed by atoms with E-state index in [1.807, 2.05) is 6.92 Å². The Bertz CT molecular complexity index is 673. The Morgan fingerprint density at radius 3 is 2.34 bits per heavy atom. The molecule has 29 heavy (non-hydrogen) atoms. The van der Waals surface area contributed by atoms with E-state index in [0.717, 1.165) is 5.56 Å². The summed E-state index contributed by atoms with van der Waals surface area (Å²) in [7, 11) is 4.67. The number of nitrogens with one attached hydrogen (secondary N) is 2. The summed E-state index contributed by atoms with van der Waals surface area (Å²) in [5, 5.41) is 6.36. The number of aliphatic imine (C=N–C) groups is 1. The number of hydrogen-bond donors (Lipinski definition) is 2. The maximum Gasteiger partial charge on any atom is 0.401 e. The van der Waals surface area contributed by atoms with Crippen LogP contribution in [0, 0.1) is 0 Å². The Hall–Kier alpha value is -2.36. The molecule has 1 heterocycles. The molecule has 0 saturated carbocycles. The highest BCUT2D eigenvalue weighted by Gasteiger charge is 2.34. The molecule has 0 spiro atoms. The molecule has 0 bridgehead atoms. The fourth-order valence-corrected chi connectivity index (χ4v) is 3.25. The van der Waals surface area contributed by atoms with E-state index < -0.39 is 12.7 Å². The van der Waals surface area contributed by atoms with Crippen molar-refractivity contribution in [1.82, 2.24) is 15.5 Å². The molecule has 1 aromatic carbocycles. The molecular weight excluding hydrogens is 389 g/mol. The molecule has 1 saturated heterocycles. The summed E-state index contributed by atoms with van der Waals surface area (Å²) in [6.07, 6.45) is -3.56. The SMILES string of the molecule is CCNC(=NCc1c(OC)cc(OC)cc1OC)NC1CCN(CC(F)(F)F)C1. The lowest BCUT2D eigenvalue weighted by molar-refractivity contribution is -0.143. The number of hydrogen-bond acceptors (Lipinski definition) is 5. The lowest BCUT2D eigenvalue weighted by Gasteiger charge is -2.20. The Labute approximate surface area is 169 Å². The highest BCUT2D eigenvalue weighted by Crippen LogP contribution is 2.34. The average Bonchev–Trinajstić information content (AvgIpc) is 3.10. The second kappa shape index (κ2) is 10.4. The smallest absolute Gasteiger partial charge is 0.401 e. The summed E-state index contributed by atoms with van der Waals surface area (Å²) in [4.78, 5) is 5.97. The number of methoxy groups -OCH3 is 3. The van der Waals surface area contributed by atoms with Gasteiger partial charge in [-0.2, -0.15) is 13.2 Å². The maximum atomic E-state index is 12.6. The van der Waals surface area contributed by atoms with Crippen LogP contribution in [0.1, 0.15) is 18.9 Å². The van der Waals surface area contributed by atoms with Gasteiger partial charge in [0.25, 0.3) is 0 Å². The summed E-state index contributed by atoms with van der Waals surface area (Å²) in [5.74, 6) is 2.30. The van der Waals surface area contributed by atoms with Gasteiger partial charge in [0.2, 0.25) is 0 Å². The topological polar surface area (TPSA) is 67.4 Å². The van der Waals surface area contributed by atoms with Crippen LogP contribution in [0.25, 0.3) is 0 Å². The molecule has 0 aromatic heterocycles. The minimum atomic E-state index is -4.19. The van der Waals surface area contributed by atoms with Gasteiger partial charge in [-0.05, 0) is 13.3 Å². The van der Waals surface area contributed by atoms with E-state index in [4.69, 9.17) is 14.2 Å². The molecule has 2 rings (SSSR count). The lowest BCUT2D eigenvalue weighted by atomic mass is 10.1. The third-order valence-corrected chi connectivity index (χ3v) is 4.57. The van der Waals surface area contributed by atoms with Gasteiger partial charge in [-0.1, -0.05) is 0 Å². The van der Waals surface area contributed by atoms with Crippen LogP contribution in [0.15, 0.2) is 17.1 Å². The van der Waals surface area contributed by atoms with Gasteiger partial charge in [-0.15, -0.1) is 0 Å². The molecule has 7 nitrogen and oxygen atoms in total. The minimum absolute atomic E-state index is 0.102. The summed E-state index contributed by atoms with van der Waals surface area (Å²) >= 11 is 0. The van der Waals surface area contributed by atoms with Crippen LogP contribution in [0.2, 0.25) is 0 Å². The van der Waals surface area contributed by atoms with Crippen molar-refractivity contribution in [2.24, 2.45) is 4.99 Å². The third kappa shape index (κ3) is 6.88. The highest BCUT2D eigenvalue weighted by atomic mass is 19.4. The van der Waals surface area contributed by atoms with Gasteiger partial charge in [0.05, 0.1) is 40.0 Å². The molecule has 0 radical (unpaired) electrons. The first-order valence-electron chi connectivity index (χ1n) is 9.42. The zero-order chi connectivity index (χ0) is 21.4. The van der Waals surface area contributed by atoms with Crippen molar-refractivity contribution in [3.63, 3.8) is 0 Å². The molecule has 1 aromatic rings. The number of guanidine groups is 1. The number of halogens is 3. The predicted molar refractivity (Wildman–Crippen MR) is 105 cm³/mol. The van der Waals surface area contributed by atoms with Gasteiger partial charge < -0.3 is 24.8 Å². The third-order valence-electron chi connectivity index (χ3n) is 4.57. The highest BCUT2D eigenvalue weighted by molar-refractivity contribution is 5.80. The molecule has 1 atom stereocenters. The summed E-state index contributed by atoms with van der Waals surface area (Å²) in [5.41, 5.74) is 0.748. The fourth-order valence-electron chi connectivity index (χ4n) is 3.25. The van der Waals surface area contributed by atoms with Gasteiger partial charge in [-0.25, -0.2) is 4.99 Å². The first kappa shape index (κ1) is 22.9. The molecule has 0 amide bonds. The number of alkyl halides is 3. The molecule has 1 aliphatic rings. The fraction of sp³-hybridized carbons (Fsp3) is 0.632. The molecule has 10 heteroatoms. The van der Waals surface area contributed by atoms with E-state index in [-0.39, 0.29) is 12.6 Å². The van der Waals surface area contributed by atoms with Crippen molar-refractivity contribution in [2.75, 3.05) is 47.5 Å². The molecule has 0 aliphatic carbocycles. The van der Waals surface area contributed by atoms with E-state index in [9.17, 15) is 13.2 Å². The van der Waals surface area contributed by atoms with Crippen molar-refractivity contribution in [3.05, 3.63) is 17.7 Å². The minimum Gasteiger partial charge on any atom is -0.496 e. The van der Waals surface area contributed by atoms with Crippen molar-refractivity contribution < 1.29 is 27.4 Å². The van der Waals surface area contributed by atoms with Crippen LogP contribution < -0.4 is 24.8 Å². The van der Waals surface area contributed by atoms with E-state index >= 15 is 0 Å². The Kier molecular flexibility index (Phi) is 8.24. The number of ether oxygens (including phenoxy) is 3. The molecular formula is C19H29F3N4O3. The average molecular weight is 418 g/mol. The van der Waals surface area contributed by atoms with Gasteiger partial charge in [0.15, 0.2) is 5.96 Å². The Morgan fingerprint density at radius 2 is 1.83 bits per heavy atom. The molecule has 1 fully saturated rings. The monoisotopic (exact) mass is 418 g/mol. The molecule has 1 unspecified atom stereocenters. The molecule has 2 N–H and O–H groups in total. The Morgan fingerprint density at radius 1 is 1.17 bits per heavy atom. The van der Waals surface area contributed by atoms with Gasteiger partial charge in [0, 0.05) is 37.8 Å². The van der Waals surface area contributed by atoms with Crippen molar-refractivity contribution in [2.45, 2.75) is 32.1 Å². The first-order chi connectivity index (χ1) is 13.8. The number of benzene rings is 1. The predicted octanol–water partition coefficient (Wildman–Crippen LogP) is 2.40. The number of rotatable bonds is 8. The Balaban J connectivity index is 2.10. The van der Waals surface area contributed by atoms with Gasteiger partial charge in [0.1, 0.15) is 17.2 Å². The number of nitrogens with zero attached hydrogens (tertiary/aromatic N) is 2. The van der Waals surface area contributed by atoms with Crippen molar-refractivity contribution in [1.29, 1.82) is 0 Å². The van der Waals surface area contributed by atoms with E-state index in [0.29, 0.717) is 49.3 Å². The second-order valence-electron chi connectivity index (χ2n) is 6.69. The van der Waals surface area contributed by atoms with E-state index in [2.05, 4.69) is 15.6 Å². The standard InChI is InChI=1S/C19H29F3N4O3/c1-5-23-18(25-13-6-7-26(11-13)12-19(20,21)22)24-10-15-16(28-3)8-14(27-2)9-17(15)29-4/h8-9,13H,5-7,10-12H2,1-4H3,(H2,23,24,25). The van der Waals surface area contributed by atoms with E-state index in [1.165, 1.54) is 4.90 Å². The van der Waals surface area contributed by atoms with E-state index in [1.54, 1.807) is 33.5 Å². The van der Waals surface area contributed by atoms with Crippen molar-refractivity contribution >= 4 is 5.96 Å². The van der Waals surface area contributed by atoms with Crippen LogP contribution >= 0.6 is 0 Å². The van der Waals surface area contributed by atoms with Crippen molar-refractivity contribution in [3.8, 4) is 17.2 Å². The van der Waals surface area contributed by atoms with Crippen LogP contribution in [-0.2, 0) is 6.54 Å². The summed E-state index contributed by atoms with van der Waals surface area (Å²) in [6, 6.07) is 3.40. The van der Waals surface area contributed by atoms with Gasteiger partial charge in [-0.3, -0.25) is 4.90 Å². The normalized spacial score (nSPS) is 17.9. The summed E-state index contributed by atoms with van der Waals surface area (Å²) < 4.78 is 53.9. The quantitative estimate of drug-likeness (QED) is 0.499. The van der Waals surface area contributed by atoms with Crippen LogP contribution in [0.5, 0.6) is 17.2 Å². The largest absolute Gasteiger partial charge is 0.496 e. The van der Waals surface area contributed by atoms with Gasteiger partial charge >= 0.3 is 6.18 Å². The molecule has 1 aliphatic heterocycles. The molecule has 164 valence electrons. The summed E-state index contributed by atoms with van der Waals surface area (Å²) in [6.45, 7) is 2.65. The van der Waals surface area contributed by atoms with Crippen LogP contribution in [0.4, 0.5) is 13.2 Å². The second-order valence-corrected chi connectivity index (χ2v) is 6.69. The maximum absolute atomic E-state index is 12.6. The number of likely N-dealkylation sites (tertiary alicyclic amines) is 1. The zero-order valence-corrected chi connectivity index (χ0v) is 17.2. The van der Waals surface area contributed by atoms with Crippen LogP contribution in [-0.4, -0.2) is 70.6 Å².